The summed E-state index contributed by atoms with van der Waals surface area (Å²) in [7, 11) is -3.71. The summed E-state index contributed by atoms with van der Waals surface area (Å²) in [6.07, 6.45) is 0. The molecule has 0 atom stereocenters. The van der Waals surface area contributed by atoms with Crippen molar-refractivity contribution in [2.45, 2.75) is 18.1 Å². The van der Waals surface area contributed by atoms with Crippen LogP contribution in [0.15, 0.2) is 22.4 Å². The summed E-state index contributed by atoms with van der Waals surface area (Å²) in [4.78, 5) is 8.20. The molecule has 5 nitrogen and oxygen atoms in total. The molecule has 0 aliphatic carbocycles. The average molecular weight is 360 g/mol. The Morgan fingerprint density at radius 3 is 2.62 bits per heavy atom. The van der Waals surface area contributed by atoms with Crippen LogP contribution >= 0.6 is 34.3 Å². The number of fused-ring (bicyclic) bond motifs is 1. The molecule has 21 heavy (non-hydrogen) atoms. The van der Waals surface area contributed by atoms with Crippen LogP contribution < -0.4 is 4.72 Å². The maximum absolute atomic E-state index is 12.3. The zero-order valence-corrected chi connectivity index (χ0v) is 14.3. The largest absolute Gasteiger partial charge is 0.275 e. The van der Waals surface area contributed by atoms with Crippen molar-refractivity contribution >= 4 is 59.6 Å². The second kappa shape index (κ2) is 5.20. The molecular formula is C12H10ClN3O2S3. The Labute approximate surface area is 134 Å². The molecule has 2 aromatic heterocycles. The van der Waals surface area contributed by atoms with Crippen LogP contribution in [0.5, 0.6) is 0 Å². The van der Waals surface area contributed by atoms with Crippen LogP contribution in [0.25, 0.3) is 10.2 Å². The van der Waals surface area contributed by atoms with Crippen LogP contribution in [-0.2, 0) is 10.0 Å². The molecule has 0 saturated heterocycles. The summed E-state index contributed by atoms with van der Waals surface area (Å²) in [5, 5.41) is 0.333. The van der Waals surface area contributed by atoms with Gasteiger partial charge in [-0.1, -0.05) is 40.3 Å². The van der Waals surface area contributed by atoms with Gasteiger partial charge >= 0.3 is 0 Å². The van der Waals surface area contributed by atoms with E-state index in [1.165, 1.54) is 11.3 Å². The van der Waals surface area contributed by atoms with Crippen molar-refractivity contribution in [3.8, 4) is 0 Å². The summed E-state index contributed by atoms with van der Waals surface area (Å²) in [6, 6.07) is 5.78. The molecule has 0 radical (unpaired) electrons. The summed E-state index contributed by atoms with van der Waals surface area (Å²) < 4.78 is 28.4. The highest BCUT2D eigenvalue weighted by atomic mass is 35.5. The number of thiazole rings is 2. The molecule has 3 rings (SSSR count). The van der Waals surface area contributed by atoms with E-state index in [0.29, 0.717) is 10.8 Å². The molecule has 0 spiro atoms. The zero-order valence-electron chi connectivity index (χ0n) is 11.0. The van der Waals surface area contributed by atoms with E-state index in [2.05, 4.69) is 14.7 Å². The zero-order chi connectivity index (χ0) is 15.2. The van der Waals surface area contributed by atoms with Gasteiger partial charge in [-0.2, -0.15) is 0 Å². The van der Waals surface area contributed by atoms with Crippen LogP contribution in [0.4, 0.5) is 5.13 Å². The third kappa shape index (κ3) is 2.89. The highest BCUT2D eigenvalue weighted by molar-refractivity contribution is 7.95. The maximum Gasteiger partial charge on any atom is 0.275 e. The molecule has 0 saturated carbocycles. The number of sulfonamides is 1. The van der Waals surface area contributed by atoms with E-state index in [4.69, 9.17) is 11.6 Å². The summed E-state index contributed by atoms with van der Waals surface area (Å²) in [6.45, 7) is 3.59. The molecule has 1 N–H and O–H groups in total. The van der Waals surface area contributed by atoms with Gasteiger partial charge in [0.15, 0.2) is 13.8 Å². The molecule has 0 aliphatic rings. The number of benzene rings is 1. The Balaban J connectivity index is 1.99. The Morgan fingerprint density at radius 2 is 1.95 bits per heavy atom. The Hall–Kier alpha value is -1.22. The minimum atomic E-state index is -3.71. The van der Waals surface area contributed by atoms with E-state index < -0.39 is 10.0 Å². The SMILES string of the molecule is Cc1ccc2nc(NS(=O)(=O)c3sc(Cl)nc3C)sc2c1. The first-order valence-corrected chi connectivity index (χ1v) is 9.37. The first kappa shape index (κ1) is 14.7. The molecule has 110 valence electrons. The predicted molar refractivity (Wildman–Crippen MR) is 87.0 cm³/mol. The molecule has 1 aromatic carbocycles. The van der Waals surface area contributed by atoms with E-state index in [-0.39, 0.29) is 8.68 Å². The summed E-state index contributed by atoms with van der Waals surface area (Å²) >= 11 is 7.98. The fraction of sp³-hybridized carbons (Fsp3) is 0.167. The molecule has 0 bridgehead atoms. The third-order valence-corrected chi connectivity index (χ3v) is 7.01. The number of halogens is 1. The van der Waals surface area contributed by atoms with Gasteiger partial charge in [0, 0.05) is 0 Å². The van der Waals surface area contributed by atoms with Gasteiger partial charge in [0.1, 0.15) is 0 Å². The van der Waals surface area contributed by atoms with Gasteiger partial charge in [-0.25, -0.2) is 18.4 Å². The van der Waals surface area contributed by atoms with Gasteiger partial charge in [-0.15, -0.1) is 0 Å². The van der Waals surface area contributed by atoms with Crippen molar-refractivity contribution < 1.29 is 8.42 Å². The molecular weight excluding hydrogens is 350 g/mol. The van der Waals surface area contributed by atoms with E-state index in [1.54, 1.807) is 6.92 Å². The number of aromatic nitrogens is 2. The van der Waals surface area contributed by atoms with Crippen molar-refractivity contribution in [1.82, 2.24) is 9.97 Å². The Bertz CT molecular complexity index is 931. The molecule has 0 unspecified atom stereocenters. The van der Waals surface area contributed by atoms with Gasteiger partial charge in [-0.3, -0.25) is 4.72 Å². The second-order valence-corrected chi connectivity index (χ2v) is 8.92. The smallest absolute Gasteiger partial charge is 0.254 e. The molecule has 0 aliphatic heterocycles. The monoisotopic (exact) mass is 359 g/mol. The second-order valence-electron chi connectivity index (χ2n) is 4.44. The van der Waals surface area contributed by atoms with Gasteiger partial charge in [0.05, 0.1) is 15.9 Å². The van der Waals surface area contributed by atoms with Crippen molar-refractivity contribution in [3.63, 3.8) is 0 Å². The van der Waals surface area contributed by atoms with E-state index in [9.17, 15) is 8.42 Å². The Kier molecular flexibility index (Phi) is 3.64. The predicted octanol–water partition coefficient (Wildman–Crippen LogP) is 3.82. The van der Waals surface area contributed by atoms with E-state index in [0.717, 1.165) is 27.1 Å². The average Bonchev–Trinajstić information content (AvgIpc) is 2.91. The number of hydrogen-bond donors (Lipinski definition) is 1. The highest BCUT2D eigenvalue weighted by Gasteiger charge is 2.23. The molecule has 3 aromatic rings. The van der Waals surface area contributed by atoms with E-state index >= 15 is 0 Å². The van der Waals surface area contributed by atoms with Gasteiger partial charge < -0.3 is 0 Å². The summed E-state index contributed by atoms with van der Waals surface area (Å²) in [5.41, 5.74) is 2.25. The number of nitrogens with one attached hydrogen (secondary N) is 1. The van der Waals surface area contributed by atoms with Crippen molar-refractivity contribution in [1.29, 1.82) is 0 Å². The molecule has 9 heteroatoms. The standard InChI is InChI=1S/C12H10ClN3O2S3/c1-6-3-4-8-9(5-6)19-12(15-8)16-21(17,18)10-7(2)14-11(13)20-10/h3-5H,1-2H3,(H,15,16). The fourth-order valence-electron chi connectivity index (χ4n) is 1.84. The lowest BCUT2D eigenvalue weighted by molar-refractivity contribution is 0.602. The topological polar surface area (TPSA) is 72.0 Å². The molecule has 0 amide bonds. The van der Waals surface area contributed by atoms with Gasteiger partial charge in [0.2, 0.25) is 0 Å². The summed E-state index contributed by atoms with van der Waals surface area (Å²) in [5.74, 6) is 0. The number of nitrogens with zero attached hydrogens (tertiary/aromatic N) is 2. The van der Waals surface area contributed by atoms with E-state index in [1.807, 2.05) is 25.1 Å². The number of aryl methyl sites for hydroxylation is 2. The lowest BCUT2D eigenvalue weighted by atomic mass is 10.2. The van der Waals surface area contributed by atoms with Crippen LogP contribution in [-0.4, -0.2) is 18.4 Å². The van der Waals surface area contributed by atoms with Gasteiger partial charge in [0.25, 0.3) is 10.0 Å². The lowest BCUT2D eigenvalue weighted by Crippen LogP contribution is -2.12. The minimum Gasteiger partial charge on any atom is -0.254 e. The maximum atomic E-state index is 12.3. The number of anilines is 1. The van der Waals surface area contributed by atoms with Crippen LogP contribution in [0.1, 0.15) is 11.3 Å². The number of rotatable bonds is 3. The fourth-order valence-corrected chi connectivity index (χ4v) is 5.78. The molecule has 2 heterocycles. The third-order valence-electron chi connectivity index (χ3n) is 2.74. The van der Waals surface area contributed by atoms with Crippen molar-refractivity contribution in [2.24, 2.45) is 0 Å². The van der Waals surface area contributed by atoms with Crippen LogP contribution in [0, 0.1) is 13.8 Å². The Morgan fingerprint density at radius 1 is 1.19 bits per heavy atom. The first-order valence-electron chi connectivity index (χ1n) is 5.88. The normalized spacial score (nSPS) is 12.0. The quantitative estimate of drug-likeness (QED) is 0.771. The van der Waals surface area contributed by atoms with Crippen molar-refractivity contribution in [2.75, 3.05) is 4.72 Å². The highest BCUT2D eigenvalue weighted by Crippen LogP contribution is 2.31. The van der Waals surface area contributed by atoms with Gasteiger partial charge in [-0.05, 0) is 31.5 Å². The number of hydrogen-bond acceptors (Lipinski definition) is 6. The van der Waals surface area contributed by atoms with Crippen molar-refractivity contribution in [3.05, 3.63) is 33.9 Å². The minimum absolute atomic E-state index is 0.114. The van der Waals surface area contributed by atoms with Crippen LogP contribution in [0.3, 0.4) is 0 Å². The first-order chi connectivity index (χ1) is 9.85. The molecule has 0 fully saturated rings. The lowest BCUT2D eigenvalue weighted by Gasteiger charge is -2.02. The van der Waals surface area contributed by atoms with Crippen LogP contribution in [0.2, 0.25) is 4.47 Å².